The zero-order valence-electron chi connectivity index (χ0n) is 39.4. The van der Waals surface area contributed by atoms with Gasteiger partial charge >= 0.3 is 12.1 Å². The van der Waals surface area contributed by atoms with E-state index in [1.54, 1.807) is 6.92 Å². The molecule has 68 heavy (non-hydrogen) atoms. The van der Waals surface area contributed by atoms with E-state index in [0.717, 1.165) is 40.5 Å². The van der Waals surface area contributed by atoms with E-state index in [1.165, 1.54) is 14.0 Å². The molecule has 2 heterocycles. The van der Waals surface area contributed by atoms with Crippen molar-refractivity contribution in [3.63, 3.8) is 0 Å². The van der Waals surface area contributed by atoms with Gasteiger partial charge in [0.25, 0.3) is 5.56 Å². The Morgan fingerprint density at radius 3 is 2.10 bits per heavy atom. The molecule has 4 aromatic rings. The van der Waals surface area contributed by atoms with Gasteiger partial charge in [-0.25, -0.2) is 13.2 Å². The number of esters is 1. The van der Waals surface area contributed by atoms with Crippen molar-refractivity contribution in [2.75, 3.05) is 25.2 Å². The number of ketones is 2. The number of aryl methyl sites for hydroxylation is 2. The van der Waals surface area contributed by atoms with Crippen molar-refractivity contribution >= 4 is 50.6 Å². The summed E-state index contributed by atoms with van der Waals surface area (Å²) in [7, 11) is -2.77. The van der Waals surface area contributed by atoms with Gasteiger partial charge in [0.05, 0.1) is 34.8 Å². The van der Waals surface area contributed by atoms with Crippen LogP contribution in [0.4, 0.5) is 13.2 Å². The van der Waals surface area contributed by atoms with Crippen LogP contribution in [0, 0.1) is 12.8 Å². The van der Waals surface area contributed by atoms with Crippen LogP contribution in [0.15, 0.2) is 110 Å². The van der Waals surface area contributed by atoms with Crippen LogP contribution in [-0.4, -0.2) is 82.7 Å². The van der Waals surface area contributed by atoms with Crippen LogP contribution >= 0.6 is 11.8 Å². The molecule has 0 amide bonds. The van der Waals surface area contributed by atoms with Gasteiger partial charge in [-0.15, -0.1) is 0 Å². The molecule has 14 nitrogen and oxygen atoms in total. The van der Waals surface area contributed by atoms with Crippen LogP contribution in [0.3, 0.4) is 0 Å². The fourth-order valence-electron chi connectivity index (χ4n) is 7.81. The third-order valence-electron chi connectivity index (χ3n) is 10.8. The lowest BCUT2D eigenvalue weighted by Crippen LogP contribution is -2.29. The number of thioether (sulfide) groups is 1. The monoisotopic (exact) mass is 984 g/mol. The summed E-state index contributed by atoms with van der Waals surface area (Å²) in [6, 6.07) is 21.4. The maximum absolute atomic E-state index is 12.8. The number of nitrogens with one attached hydrogen (secondary N) is 1. The number of nitrogens with zero attached hydrogens (tertiary/aromatic N) is 3. The van der Waals surface area contributed by atoms with Crippen molar-refractivity contribution in [3.05, 3.63) is 134 Å². The molecule has 368 valence electrons. The fraction of sp³-hybridized carbons (Fsp3) is 0.429. The molecule has 6 rings (SSSR count). The number of aromatic nitrogens is 2. The summed E-state index contributed by atoms with van der Waals surface area (Å²) < 4.78 is 68.1. The molecule has 19 heteroatoms. The standard InChI is InChI=1S/C18H17NO3.C17H29NO3S.C14H13F3N2O4S/c1-2-21-17(20)16-13-18(22-19-16,14-9-5-3-6-10-14)15-11-7-4-8-12-15;1-5-8-14(18-21-6-2)17-15(19)10-13(11-16(17)20)9-12(4)22-7-3;1-7-11(13(21)19(2)18-7)12(20)9-5-4-8(14(15,16)17)6-10(9)24(3,22)23/h3-12H,2,13H2,1H3;12-13,19H,5-11H2,1-4H3;4-6,18H,1-3H3. The maximum Gasteiger partial charge on any atom is 0.416 e. The number of carbonyl (C=O) groups excluding carboxylic acids is 3. The van der Waals surface area contributed by atoms with Crippen molar-refractivity contribution in [1.29, 1.82) is 0 Å². The van der Waals surface area contributed by atoms with E-state index in [0.29, 0.717) is 79.5 Å². The van der Waals surface area contributed by atoms with Crippen LogP contribution in [0.1, 0.15) is 111 Å². The Hall–Kier alpha value is -5.95. The number of rotatable bonds is 16. The minimum Gasteiger partial charge on any atom is -0.511 e. The molecule has 2 N–H and O–H groups in total. The van der Waals surface area contributed by atoms with E-state index in [1.807, 2.05) is 86.3 Å². The molecule has 1 aromatic heterocycles. The molecule has 1 aliphatic carbocycles. The van der Waals surface area contributed by atoms with Crippen molar-refractivity contribution in [3.8, 4) is 0 Å². The highest BCUT2D eigenvalue weighted by atomic mass is 32.2. The minimum atomic E-state index is -4.76. The molecule has 3 aromatic carbocycles. The van der Waals surface area contributed by atoms with Crippen LogP contribution in [0.2, 0.25) is 0 Å². The number of alkyl halides is 3. The van der Waals surface area contributed by atoms with E-state index < -0.39 is 54.9 Å². The van der Waals surface area contributed by atoms with E-state index in [-0.39, 0.29) is 28.7 Å². The highest BCUT2D eigenvalue weighted by molar-refractivity contribution is 7.99. The summed E-state index contributed by atoms with van der Waals surface area (Å²) in [5.41, 5.74) is -0.0362. The summed E-state index contributed by atoms with van der Waals surface area (Å²) in [5, 5.41) is 21.5. The molecular weight excluding hydrogens is 926 g/mol. The second-order valence-electron chi connectivity index (χ2n) is 16.1. The van der Waals surface area contributed by atoms with Crippen LogP contribution in [0.25, 0.3) is 0 Å². The zero-order chi connectivity index (χ0) is 50.4. The minimum absolute atomic E-state index is 0.00866. The first-order valence-corrected chi connectivity index (χ1v) is 25.1. The SMILES string of the molecule is CCCC(=NOCC)C1=C(O)CC(CC(C)SCC)CC1=O.CCOC(=O)C1=NOC(c2ccccc2)(c2ccccc2)C1.Cc1[nH]n(C)c(=O)c1C(=O)c1ccc(C(F)(F)F)cc1S(C)(=O)=O. The van der Waals surface area contributed by atoms with Crippen molar-refractivity contribution in [1.82, 2.24) is 9.78 Å². The second-order valence-corrected chi connectivity index (χ2v) is 19.8. The van der Waals surface area contributed by atoms with Crippen molar-refractivity contribution in [2.45, 2.75) is 102 Å². The number of sulfone groups is 1. The maximum atomic E-state index is 12.8. The van der Waals surface area contributed by atoms with Crippen LogP contribution in [0.5, 0.6) is 0 Å². The molecule has 0 saturated heterocycles. The predicted molar refractivity (Wildman–Crippen MR) is 256 cm³/mol. The van der Waals surface area contributed by atoms with Gasteiger partial charge in [-0.1, -0.05) is 98.2 Å². The molecule has 0 bridgehead atoms. The van der Waals surface area contributed by atoms with Crippen LogP contribution in [-0.2, 0) is 52.7 Å². The first-order valence-electron chi connectivity index (χ1n) is 22.1. The lowest BCUT2D eigenvalue weighted by atomic mass is 9.82. The fourth-order valence-corrected chi connectivity index (χ4v) is 9.69. The lowest BCUT2D eigenvalue weighted by Gasteiger charge is -2.27. The van der Waals surface area contributed by atoms with Gasteiger partial charge in [-0.2, -0.15) is 24.9 Å². The van der Waals surface area contributed by atoms with Gasteiger partial charge in [0.2, 0.25) is 5.78 Å². The van der Waals surface area contributed by atoms with Gasteiger partial charge < -0.3 is 19.5 Å². The second kappa shape index (κ2) is 24.4. The Balaban J connectivity index is 0.000000223. The highest BCUT2D eigenvalue weighted by Crippen LogP contribution is 2.41. The van der Waals surface area contributed by atoms with Crippen molar-refractivity contribution in [2.24, 2.45) is 23.3 Å². The number of aliphatic hydroxyl groups is 1. The number of carbonyl (C=O) groups is 3. The van der Waals surface area contributed by atoms with Crippen molar-refractivity contribution < 1.29 is 55.5 Å². The topological polar surface area (TPSA) is 196 Å². The Labute approximate surface area is 398 Å². The van der Waals surface area contributed by atoms with E-state index in [9.17, 15) is 45.9 Å². The number of aromatic amines is 1. The number of benzene rings is 3. The van der Waals surface area contributed by atoms with Crippen LogP contribution < -0.4 is 5.56 Å². The summed E-state index contributed by atoms with van der Waals surface area (Å²) in [5.74, 6) is 0.146. The predicted octanol–water partition coefficient (Wildman–Crippen LogP) is 9.45. The number of Topliss-reactive ketones (excluding diaryl/α,β-unsaturated/α-hetero) is 1. The Morgan fingerprint density at radius 1 is 1.00 bits per heavy atom. The molecule has 0 saturated carbocycles. The lowest BCUT2D eigenvalue weighted by molar-refractivity contribution is -0.138. The van der Waals surface area contributed by atoms with Gasteiger partial charge in [-0.3, -0.25) is 24.2 Å². The summed E-state index contributed by atoms with van der Waals surface area (Å²) in [4.78, 5) is 59.1. The Bertz CT molecular complexity index is 2620. The molecule has 2 unspecified atom stereocenters. The first kappa shape index (κ1) is 54.7. The molecule has 2 aliphatic rings. The molecule has 1 aliphatic heterocycles. The number of oxime groups is 2. The number of hydrogen-bond acceptors (Lipinski definition) is 13. The Morgan fingerprint density at radius 2 is 1.62 bits per heavy atom. The number of ether oxygens (including phenoxy) is 1. The number of hydrogen-bond donors (Lipinski definition) is 2. The number of H-pyrrole nitrogens is 1. The van der Waals surface area contributed by atoms with E-state index in [2.05, 4.69) is 29.3 Å². The summed E-state index contributed by atoms with van der Waals surface area (Å²) >= 11 is 1.90. The van der Waals surface area contributed by atoms with Gasteiger partial charge in [0.1, 0.15) is 17.9 Å². The molecule has 0 fully saturated rings. The third kappa shape index (κ3) is 13.8. The van der Waals surface area contributed by atoms with Gasteiger partial charge in [-0.05, 0) is 63.5 Å². The number of halogens is 3. The Kier molecular flexibility index (Phi) is 19.6. The highest BCUT2D eigenvalue weighted by Gasteiger charge is 2.45. The molecular formula is C49H59F3N4O10S2. The summed E-state index contributed by atoms with van der Waals surface area (Å²) in [6.45, 7) is 12.2. The van der Waals surface area contributed by atoms with E-state index in [4.69, 9.17) is 14.4 Å². The smallest absolute Gasteiger partial charge is 0.416 e. The third-order valence-corrected chi connectivity index (χ3v) is 13.1. The average molecular weight is 985 g/mol. The average Bonchev–Trinajstić information content (AvgIpc) is 3.86. The van der Waals surface area contributed by atoms with Gasteiger partial charge in [0.15, 0.2) is 26.9 Å². The van der Waals surface area contributed by atoms with E-state index >= 15 is 0 Å². The summed E-state index contributed by atoms with van der Waals surface area (Å²) in [6.07, 6.45) is -0.148. The first-order chi connectivity index (χ1) is 32.1. The molecule has 0 radical (unpaired) electrons. The number of aliphatic hydroxyl groups excluding tert-OH is 1. The quantitative estimate of drug-likeness (QED) is 0.0470. The molecule has 2 atom stereocenters. The molecule has 0 spiro atoms. The van der Waals surface area contributed by atoms with Gasteiger partial charge in [0, 0.05) is 53.8 Å². The normalized spacial score (nSPS) is 16.3. The largest absolute Gasteiger partial charge is 0.511 e. The number of allylic oxidation sites excluding steroid dienone is 2. The zero-order valence-corrected chi connectivity index (χ0v) is 41.1.